The molecular weight excluding hydrogens is 306 g/mol. The van der Waals surface area contributed by atoms with E-state index in [0.29, 0.717) is 24.5 Å². The van der Waals surface area contributed by atoms with Gasteiger partial charge in [0.25, 0.3) is 0 Å². The molecule has 0 atom stereocenters. The molecule has 0 heterocycles. The van der Waals surface area contributed by atoms with Crippen molar-refractivity contribution in [3.8, 4) is 17.6 Å². The molecule has 0 saturated heterocycles. The summed E-state index contributed by atoms with van der Waals surface area (Å²) in [7, 11) is 0. The van der Waals surface area contributed by atoms with Crippen molar-refractivity contribution in [1.29, 1.82) is 5.26 Å². The zero-order chi connectivity index (χ0) is 13.5. The van der Waals surface area contributed by atoms with Crippen LogP contribution in [0.15, 0.2) is 53.0 Å². The Hall–Kier alpha value is -1.99. The molecule has 0 saturated carbocycles. The molecule has 2 aromatic carbocycles. The molecule has 4 heteroatoms. The predicted molar refractivity (Wildman–Crippen MR) is 76.3 cm³/mol. The lowest BCUT2D eigenvalue weighted by Crippen LogP contribution is -2.09. The minimum atomic E-state index is 0.444. The molecule has 0 bridgehead atoms. The van der Waals surface area contributed by atoms with Crippen LogP contribution in [0.5, 0.6) is 11.5 Å². The fourth-order valence-corrected chi connectivity index (χ4v) is 2.01. The van der Waals surface area contributed by atoms with E-state index in [1.165, 1.54) is 0 Å². The Bertz CT molecular complexity index is 578. The molecule has 0 aliphatic heterocycles. The van der Waals surface area contributed by atoms with Gasteiger partial charge in [-0.15, -0.1) is 0 Å². The van der Waals surface area contributed by atoms with E-state index < -0.39 is 0 Å². The second-order valence-corrected chi connectivity index (χ2v) is 4.62. The second-order valence-electron chi connectivity index (χ2n) is 3.77. The SMILES string of the molecule is N#Cc1ccc(OCCOc2ccccc2)c(Br)c1. The minimum Gasteiger partial charge on any atom is -0.490 e. The first kappa shape index (κ1) is 13.4. The fraction of sp³-hybridized carbons (Fsp3) is 0.133. The first-order chi connectivity index (χ1) is 9.29. The molecule has 0 unspecified atom stereocenters. The summed E-state index contributed by atoms with van der Waals surface area (Å²) in [6.07, 6.45) is 0. The van der Waals surface area contributed by atoms with Gasteiger partial charge < -0.3 is 9.47 Å². The van der Waals surface area contributed by atoms with E-state index in [9.17, 15) is 0 Å². The molecule has 2 aromatic rings. The lowest BCUT2D eigenvalue weighted by molar-refractivity contribution is 0.216. The molecular formula is C15H12BrNO2. The molecule has 0 aromatic heterocycles. The van der Waals surface area contributed by atoms with Crippen LogP contribution in [0.2, 0.25) is 0 Å². The smallest absolute Gasteiger partial charge is 0.133 e. The maximum atomic E-state index is 8.76. The van der Waals surface area contributed by atoms with E-state index in [2.05, 4.69) is 22.0 Å². The molecule has 2 rings (SSSR count). The molecule has 0 fully saturated rings. The van der Waals surface area contributed by atoms with Crippen LogP contribution in [0, 0.1) is 11.3 Å². The molecule has 96 valence electrons. The predicted octanol–water partition coefficient (Wildman–Crippen LogP) is 3.78. The van der Waals surface area contributed by atoms with Gasteiger partial charge in [-0.3, -0.25) is 0 Å². The van der Waals surface area contributed by atoms with Gasteiger partial charge >= 0.3 is 0 Å². The molecule has 0 radical (unpaired) electrons. The van der Waals surface area contributed by atoms with E-state index in [0.717, 1.165) is 10.2 Å². The third kappa shape index (κ3) is 4.01. The highest BCUT2D eigenvalue weighted by Gasteiger charge is 2.02. The van der Waals surface area contributed by atoms with Crippen LogP contribution in [0.4, 0.5) is 0 Å². The van der Waals surface area contributed by atoms with Crippen molar-refractivity contribution < 1.29 is 9.47 Å². The Morgan fingerprint density at radius 3 is 2.42 bits per heavy atom. The van der Waals surface area contributed by atoms with Crippen molar-refractivity contribution in [2.45, 2.75) is 0 Å². The average Bonchev–Trinajstić information content (AvgIpc) is 2.46. The minimum absolute atomic E-state index is 0.444. The summed E-state index contributed by atoms with van der Waals surface area (Å²) < 4.78 is 11.9. The summed E-state index contributed by atoms with van der Waals surface area (Å²) in [6.45, 7) is 0.913. The number of halogens is 1. The topological polar surface area (TPSA) is 42.2 Å². The van der Waals surface area contributed by atoms with E-state index in [1.54, 1.807) is 18.2 Å². The Morgan fingerprint density at radius 2 is 1.74 bits per heavy atom. The number of nitriles is 1. The Morgan fingerprint density at radius 1 is 1.00 bits per heavy atom. The van der Waals surface area contributed by atoms with Gasteiger partial charge in [-0.2, -0.15) is 5.26 Å². The number of rotatable bonds is 5. The average molecular weight is 318 g/mol. The van der Waals surface area contributed by atoms with Gasteiger partial charge in [0.15, 0.2) is 0 Å². The van der Waals surface area contributed by atoms with Crippen LogP contribution < -0.4 is 9.47 Å². The fourth-order valence-electron chi connectivity index (χ4n) is 1.52. The third-order valence-electron chi connectivity index (χ3n) is 2.41. The lowest BCUT2D eigenvalue weighted by atomic mass is 10.2. The monoisotopic (exact) mass is 317 g/mol. The summed E-state index contributed by atoms with van der Waals surface area (Å²) >= 11 is 3.37. The standard InChI is InChI=1S/C15H12BrNO2/c16-14-10-12(11-17)6-7-15(14)19-9-8-18-13-4-2-1-3-5-13/h1-7,10H,8-9H2. The summed E-state index contributed by atoms with van der Waals surface area (Å²) in [6, 6.07) is 16.9. The quantitative estimate of drug-likeness (QED) is 0.788. The zero-order valence-electron chi connectivity index (χ0n) is 10.2. The van der Waals surface area contributed by atoms with Gasteiger partial charge in [0.1, 0.15) is 24.7 Å². The molecule has 0 aliphatic carbocycles. The Balaban J connectivity index is 1.82. The first-order valence-corrected chi connectivity index (χ1v) is 6.59. The molecule has 3 nitrogen and oxygen atoms in total. The van der Waals surface area contributed by atoms with Crippen LogP contribution in [0.3, 0.4) is 0 Å². The van der Waals surface area contributed by atoms with Crippen molar-refractivity contribution in [3.05, 3.63) is 58.6 Å². The van der Waals surface area contributed by atoms with Crippen molar-refractivity contribution >= 4 is 15.9 Å². The number of benzene rings is 2. The zero-order valence-corrected chi connectivity index (χ0v) is 11.8. The van der Waals surface area contributed by atoms with Crippen LogP contribution >= 0.6 is 15.9 Å². The number of hydrogen-bond acceptors (Lipinski definition) is 3. The summed E-state index contributed by atoms with van der Waals surface area (Å²) in [5, 5.41) is 8.76. The number of hydrogen-bond donors (Lipinski definition) is 0. The summed E-state index contributed by atoms with van der Waals surface area (Å²) in [5.74, 6) is 1.53. The highest BCUT2D eigenvalue weighted by Crippen LogP contribution is 2.25. The largest absolute Gasteiger partial charge is 0.490 e. The maximum Gasteiger partial charge on any atom is 0.133 e. The molecule has 19 heavy (non-hydrogen) atoms. The van der Waals surface area contributed by atoms with Crippen LogP contribution in [0.25, 0.3) is 0 Å². The van der Waals surface area contributed by atoms with Gasteiger partial charge in [0, 0.05) is 0 Å². The van der Waals surface area contributed by atoms with Gasteiger partial charge in [0.05, 0.1) is 16.1 Å². The summed E-state index contributed by atoms with van der Waals surface area (Å²) in [4.78, 5) is 0. The van der Waals surface area contributed by atoms with Crippen molar-refractivity contribution in [2.24, 2.45) is 0 Å². The highest BCUT2D eigenvalue weighted by atomic mass is 79.9. The van der Waals surface area contributed by atoms with Crippen LogP contribution in [-0.2, 0) is 0 Å². The van der Waals surface area contributed by atoms with Crippen molar-refractivity contribution in [2.75, 3.05) is 13.2 Å². The molecule has 0 spiro atoms. The van der Waals surface area contributed by atoms with Gasteiger partial charge in [0.2, 0.25) is 0 Å². The molecule has 0 amide bonds. The van der Waals surface area contributed by atoms with Crippen molar-refractivity contribution in [3.63, 3.8) is 0 Å². The molecule has 0 aliphatic rings. The second kappa shape index (κ2) is 6.81. The maximum absolute atomic E-state index is 8.76. The summed E-state index contributed by atoms with van der Waals surface area (Å²) in [5.41, 5.74) is 0.597. The van der Waals surface area contributed by atoms with Gasteiger partial charge in [-0.25, -0.2) is 0 Å². The normalized spacial score (nSPS) is 9.68. The van der Waals surface area contributed by atoms with Gasteiger partial charge in [-0.1, -0.05) is 18.2 Å². The number of para-hydroxylation sites is 1. The Labute approximate surface area is 120 Å². The lowest BCUT2D eigenvalue weighted by Gasteiger charge is -2.09. The first-order valence-electron chi connectivity index (χ1n) is 5.80. The van der Waals surface area contributed by atoms with E-state index >= 15 is 0 Å². The van der Waals surface area contributed by atoms with E-state index in [1.807, 2.05) is 30.3 Å². The number of nitrogens with zero attached hydrogens (tertiary/aromatic N) is 1. The molecule has 0 N–H and O–H groups in total. The van der Waals surface area contributed by atoms with Crippen molar-refractivity contribution in [1.82, 2.24) is 0 Å². The third-order valence-corrected chi connectivity index (χ3v) is 3.03. The Kier molecular flexibility index (Phi) is 4.82. The van der Waals surface area contributed by atoms with Gasteiger partial charge in [-0.05, 0) is 46.3 Å². The van der Waals surface area contributed by atoms with Crippen LogP contribution in [0.1, 0.15) is 5.56 Å². The van der Waals surface area contributed by atoms with Crippen LogP contribution in [-0.4, -0.2) is 13.2 Å². The van der Waals surface area contributed by atoms with E-state index in [4.69, 9.17) is 14.7 Å². The van der Waals surface area contributed by atoms with E-state index in [-0.39, 0.29) is 0 Å². The number of ether oxygens (including phenoxy) is 2. The highest BCUT2D eigenvalue weighted by molar-refractivity contribution is 9.10.